The third-order valence-electron chi connectivity index (χ3n) is 1.45. The Morgan fingerprint density at radius 2 is 2.00 bits per heavy atom. The highest BCUT2D eigenvalue weighted by Crippen LogP contribution is 2.06. The van der Waals surface area contributed by atoms with Crippen LogP contribution in [0.1, 0.15) is 26.7 Å². The van der Waals surface area contributed by atoms with Gasteiger partial charge in [0.2, 0.25) is 5.91 Å². The van der Waals surface area contributed by atoms with Crippen molar-refractivity contribution in [2.24, 2.45) is 5.92 Å². The zero-order valence-corrected chi connectivity index (χ0v) is 6.53. The third kappa shape index (κ3) is 2.70. The molecule has 0 heterocycles. The summed E-state index contributed by atoms with van der Waals surface area (Å²) in [6.45, 7) is 3.95. The molecule has 0 aliphatic carbocycles. The van der Waals surface area contributed by atoms with E-state index in [4.69, 9.17) is 11.8 Å². The van der Waals surface area contributed by atoms with Crippen molar-refractivity contribution >= 4 is 17.7 Å². The van der Waals surface area contributed by atoms with Crippen LogP contribution in [0.2, 0.25) is 0 Å². The van der Waals surface area contributed by atoms with Crippen molar-refractivity contribution in [3.05, 3.63) is 0 Å². The van der Waals surface area contributed by atoms with Crippen molar-refractivity contribution in [2.75, 3.05) is 0 Å². The highest BCUT2D eigenvalue weighted by atomic mass is 35.5. The molecule has 0 saturated heterocycles. The lowest BCUT2D eigenvalue weighted by atomic mass is 10.0. The van der Waals surface area contributed by atoms with Crippen LogP contribution >= 0.6 is 11.8 Å². The van der Waals surface area contributed by atoms with Crippen molar-refractivity contribution in [3.8, 4) is 0 Å². The second-order valence-corrected chi connectivity index (χ2v) is 2.16. The number of rotatable bonds is 3. The van der Waals surface area contributed by atoms with Crippen molar-refractivity contribution in [1.29, 1.82) is 0 Å². The summed E-state index contributed by atoms with van der Waals surface area (Å²) in [6, 6.07) is 0. The Morgan fingerprint density at radius 3 is 2.11 bits per heavy atom. The average molecular weight is 150 g/mol. The van der Waals surface area contributed by atoms with Crippen LogP contribution in [0.3, 0.4) is 0 Å². The maximum absolute atomic E-state index is 10.7. The van der Waals surface area contributed by atoms with Gasteiger partial charge in [-0.05, 0) is 12.8 Å². The highest BCUT2D eigenvalue weighted by Gasteiger charge is 2.11. The van der Waals surface area contributed by atoms with Crippen LogP contribution in [-0.4, -0.2) is 5.91 Å². The number of hydrogen-bond acceptors (Lipinski definition) is 1. The lowest BCUT2D eigenvalue weighted by molar-refractivity contribution is -0.123. The van der Waals surface area contributed by atoms with E-state index < -0.39 is 0 Å². The molecule has 0 atom stereocenters. The summed E-state index contributed by atoms with van der Waals surface area (Å²) in [7, 11) is 0. The van der Waals surface area contributed by atoms with Crippen LogP contribution in [0.15, 0.2) is 0 Å². The first kappa shape index (κ1) is 8.76. The molecule has 0 rings (SSSR count). The number of nitrogens with one attached hydrogen (secondary N) is 1. The molecule has 0 unspecified atom stereocenters. The third-order valence-corrected chi connectivity index (χ3v) is 1.64. The molecule has 9 heavy (non-hydrogen) atoms. The molecule has 1 amide bonds. The molecule has 0 aromatic rings. The molecule has 0 fully saturated rings. The minimum absolute atomic E-state index is 0.0679. The van der Waals surface area contributed by atoms with Gasteiger partial charge in [0.15, 0.2) is 0 Å². The fourth-order valence-electron chi connectivity index (χ4n) is 0.737. The van der Waals surface area contributed by atoms with Crippen molar-refractivity contribution in [2.45, 2.75) is 26.7 Å². The minimum atomic E-state index is -0.0679. The van der Waals surface area contributed by atoms with Crippen molar-refractivity contribution < 1.29 is 4.79 Å². The summed E-state index contributed by atoms with van der Waals surface area (Å²) >= 11 is 5.10. The van der Waals surface area contributed by atoms with Crippen LogP contribution in [0.4, 0.5) is 0 Å². The molecular weight excluding hydrogens is 138 g/mol. The number of carbonyl (C=O) groups is 1. The molecule has 0 aromatic carbocycles. The minimum Gasteiger partial charge on any atom is -0.273 e. The largest absolute Gasteiger partial charge is 0.273 e. The summed E-state index contributed by atoms with van der Waals surface area (Å²) in [5, 5.41) is 0. The Labute approximate surface area is 60.7 Å². The van der Waals surface area contributed by atoms with Gasteiger partial charge in [-0.2, -0.15) is 0 Å². The van der Waals surface area contributed by atoms with Gasteiger partial charge in [0.05, 0.1) is 0 Å². The smallest absolute Gasteiger partial charge is 0.237 e. The van der Waals surface area contributed by atoms with E-state index in [9.17, 15) is 4.79 Å². The van der Waals surface area contributed by atoms with Gasteiger partial charge >= 0.3 is 0 Å². The molecule has 0 aromatic heterocycles. The number of carbonyl (C=O) groups excluding carboxylic acids is 1. The summed E-state index contributed by atoms with van der Waals surface area (Å²) in [5.41, 5.74) is 0. The Morgan fingerprint density at radius 1 is 1.56 bits per heavy atom. The standard InChI is InChI=1S/C6H12ClNO/c1-3-5(4-2)6(9)8-7/h5H,3-4H2,1-2H3,(H,8,9). The molecule has 0 aliphatic rings. The van der Waals surface area contributed by atoms with Crippen molar-refractivity contribution in [1.82, 2.24) is 4.84 Å². The van der Waals surface area contributed by atoms with Gasteiger partial charge in [0.25, 0.3) is 0 Å². The second kappa shape index (κ2) is 4.62. The molecule has 0 saturated carbocycles. The van der Waals surface area contributed by atoms with E-state index in [-0.39, 0.29) is 11.8 Å². The average Bonchev–Trinajstić information content (AvgIpc) is 1.90. The lowest BCUT2D eigenvalue weighted by Gasteiger charge is -2.06. The molecular formula is C6H12ClNO. The van der Waals surface area contributed by atoms with E-state index in [1.807, 2.05) is 13.8 Å². The maximum Gasteiger partial charge on any atom is 0.237 e. The molecule has 0 spiro atoms. The summed E-state index contributed by atoms with van der Waals surface area (Å²) in [5.74, 6) is 0.0177. The molecule has 0 radical (unpaired) electrons. The van der Waals surface area contributed by atoms with Gasteiger partial charge in [-0.1, -0.05) is 13.8 Å². The highest BCUT2D eigenvalue weighted by molar-refractivity contribution is 6.21. The Hall–Kier alpha value is -0.240. The quantitative estimate of drug-likeness (QED) is 0.608. The topological polar surface area (TPSA) is 29.1 Å². The fraction of sp³-hybridized carbons (Fsp3) is 0.833. The summed E-state index contributed by atoms with van der Waals surface area (Å²) in [4.78, 5) is 12.8. The van der Waals surface area contributed by atoms with Gasteiger partial charge in [-0.25, -0.2) is 0 Å². The van der Waals surface area contributed by atoms with Gasteiger partial charge < -0.3 is 0 Å². The van der Waals surface area contributed by atoms with E-state index in [1.165, 1.54) is 0 Å². The normalized spacial score (nSPS) is 9.78. The van der Waals surface area contributed by atoms with Crippen LogP contribution in [0, 0.1) is 5.92 Å². The van der Waals surface area contributed by atoms with Crippen LogP contribution < -0.4 is 4.84 Å². The monoisotopic (exact) mass is 149 g/mol. The summed E-state index contributed by atoms with van der Waals surface area (Å²) < 4.78 is 0. The predicted octanol–water partition coefficient (Wildman–Crippen LogP) is 1.69. The van der Waals surface area contributed by atoms with E-state index in [2.05, 4.69) is 4.84 Å². The molecule has 3 heteroatoms. The van der Waals surface area contributed by atoms with Crippen molar-refractivity contribution in [3.63, 3.8) is 0 Å². The number of hydrogen-bond donors (Lipinski definition) is 1. The fourth-order valence-corrected chi connectivity index (χ4v) is 0.891. The number of amides is 1. The SMILES string of the molecule is CCC(CC)C(=O)NCl. The molecule has 54 valence electrons. The van der Waals surface area contributed by atoms with E-state index in [0.29, 0.717) is 0 Å². The van der Waals surface area contributed by atoms with Gasteiger partial charge in [0, 0.05) is 17.7 Å². The maximum atomic E-state index is 10.7. The van der Waals surface area contributed by atoms with Gasteiger partial charge in [-0.15, -0.1) is 0 Å². The number of halogens is 1. The van der Waals surface area contributed by atoms with E-state index in [1.54, 1.807) is 0 Å². The molecule has 2 nitrogen and oxygen atoms in total. The molecule has 0 bridgehead atoms. The first-order valence-electron chi connectivity index (χ1n) is 3.16. The predicted molar refractivity (Wildman–Crippen MR) is 38.1 cm³/mol. The first-order chi connectivity index (χ1) is 4.26. The Kier molecular flexibility index (Phi) is 4.50. The first-order valence-corrected chi connectivity index (χ1v) is 3.54. The van der Waals surface area contributed by atoms with Crippen LogP contribution in [-0.2, 0) is 4.79 Å². The van der Waals surface area contributed by atoms with Gasteiger partial charge in [0.1, 0.15) is 0 Å². The van der Waals surface area contributed by atoms with E-state index in [0.717, 1.165) is 12.8 Å². The summed E-state index contributed by atoms with van der Waals surface area (Å²) in [6.07, 6.45) is 1.71. The van der Waals surface area contributed by atoms with Crippen LogP contribution in [0.5, 0.6) is 0 Å². The van der Waals surface area contributed by atoms with Crippen LogP contribution in [0.25, 0.3) is 0 Å². The molecule has 1 N–H and O–H groups in total. The zero-order valence-electron chi connectivity index (χ0n) is 5.78. The van der Waals surface area contributed by atoms with E-state index >= 15 is 0 Å². The van der Waals surface area contributed by atoms with Gasteiger partial charge in [-0.3, -0.25) is 9.63 Å². The Balaban J connectivity index is 3.64. The Bertz CT molecular complexity index is 91.1. The molecule has 0 aliphatic heterocycles. The lowest BCUT2D eigenvalue weighted by Crippen LogP contribution is -2.22. The second-order valence-electron chi connectivity index (χ2n) is 1.97. The zero-order chi connectivity index (χ0) is 7.28.